The monoisotopic (exact) mass is 540 g/mol. The maximum absolute atomic E-state index is 14.1. The van der Waals surface area contributed by atoms with Crippen LogP contribution >= 0.6 is 11.6 Å². The van der Waals surface area contributed by atoms with Gasteiger partial charge in [-0.2, -0.15) is 0 Å². The van der Waals surface area contributed by atoms with Crippen LogP contribution in [0.15, 0.2) is 48.7 Å². The molecule has 38 heavy (non-hydrogen) atoms. The fraction of sp³-hybridized carbons (Fsp3) is 0.393. The molecule has 2 aliphatic heterocycles. The Labute approximate surface area is 225 Å². The number of rotatable bonds is 10. The quantitative estimate of drug-likeness (QED) is 0.365. The lowest BCUT2D eigenvalue weighted by Crippen LogP contribution is -2.35. The Morgan fingerprint density at radius 3 is 2.76 bits per heavy atom. The molecule has 1 unspecified atom stereocenters. The van der Waals surface area contributed by atoms with E-state index in [0.29, 0.717) is 35.5 Å². The summed E-state index contributed by atoms with van der Waals surface area (Å²) in [6.07, 6.45) is 7.48. The number of halogens is 2. The van der Waals surface area contributed by atoms with Gasteiger partial charge < -0.3 is 19.1 Å². The molecule has 5 rings (SSSR count). The third-order valence-electron chi connectivity index (χ3n) is 7.05. The third-order valence-corrected chi connectivity index (χ3v) is 7.29. The number of carbonyl (C=O) groups is 1. The van der Waals surface area contributed by atoms with Crippen LogP contribution in [-0.4, -0.2) is 56.3 Å². The summed E-state index contributed by atoms with van der Waals surface area (Å²) < 4.78 is 27.5. The highest BCUT2D eigenvalue weighted by molar-refractivity contribution is 6.30. The van der Waals surface area contributed by atoms with Crippen LogP contribution in [0.1, 0.15) is 48.0 Å². The number of pyridine rings is 1. The van der Waals surface area contributed by atoms with Crippen molar-refractivity contribution >= 4 is 23.6 Å². The first-order valence-corrected chi connectivity index (χ1v) is 13.2. The van der Waals surface area contributed by atoms with E-state index in [2.05, 4.69) is 14.5 Å². The maximum Gasteiger partial charge on any atom is 0.328 e. The van der Waals surface area contributed by atoms with E-state index >= 15 is 0 Å². The molecule has 0 spiro atoms. The largest absolute Gasteiger partial charge is 0.478 e. The van der Waals surface area contributed by atoms with Crippen molar-refractivity contribution in [2.24, 2.45) is 0 Å². The predicted molar refractivity (Wildman–Crippen MR) is 140 cm³/mol. The van der Waals surface area contributed by atoms with Crippen LogP contribution in [0.4, 0.5) is 4.39 Å². The van der Waals surface area contributed by atoms with Crippen molar-refractivity contribution in [3.63, 3.8) is 0 Å². The molecule has 2 saturated heterocycles. The highest BCUT2D eigenvalue weighted by Gasteiger charge is 2.25. The minimum absolute atomic E-state index is 0.0834. The molecule has 0 bridgehead atoms. The summed E-state index contributed by atoms with van der Waals surface area (Å²) in [5.74, 6) is 0.307. The van der Waals surface area contributed by atoms with Gasteiger partial charge >= 0.3 is 5.97 Å². The van der Waals surface area contributed by atoms with Crippen molar-refractivity contribution in [1.29, 1.82) is 0 Å². The molecule has 8 nitrogen and oxygen atoms in total. The summed E-state index contributed by atoms with van der Waals surface area (Å²) in [7, 11) is 0. The molecule has 2 aromatic heterocycles. The Hall–Kier alpha value is -3.27. The summed E-state index contributed by atoms with van der Waals surface area (Å²) in [6, 6.07) is 10.3. The molecule has 0 saturated carbocycles. The number of aromatic nitrogens is 3. The molecular formula is C28H30ClFN4O4. The van der Waals surface area contributed by atoms with Gasteiger partial charge in [0.1, 0.15) is 18.2 Å². The van der Waals surface area contributed by atoms with Crippen molar-refractivity contribution in [3.8, 4) is 5.88 Å². The summed E-state index contributed by atoms with van der Waals surface area (Å²) in [4.78, 5) is 22.7. The third kappa shape index (κ3) is 6.59. The van der Waals surface area contributed by atoms with Gasteiger partial charge in [0.15, 0.2) is 0 Å². The van der Waals surface area contributed by atoms with Crippen molar-refractivity contribution < 1.29 is 23.8 Å². The van der Waals surface area contributed by atoms with Gasteiger partial charge in [0.2, 0.25) is 5.88 Å². The van der Waals surface area contributed by atoms with E-state index in [-0.39, 0.29) is 12.7 Å². The van der Waals surface area contributed by atoms with Crippen LogP contribution in [-0.2, 0) is 29.2 Å². The minimum Gasteiger partial charge on any atom is -0.478 e. The number of likely N-dealkylation sites (tertiary alicyclic amines) is 1. The Morgan fingerprint density at radius 2 is 2.05 bits per heavy atom. The highest BCUT2D eigenvalue weighted by atomic mass is 35.5. The maximum atomic E-state index is 14.1. The first-order valence-electron chi connectivity index (χ1n) is 12.8. The molecule has 2 fully saturated rings. The summed E-state index contributed by atoms with van der Waals surface area (Å²) >= 11 is 5.83. The molecule has 0 radical (unpaired) electrons. The molecular weight excluding hydrogens is 511 g/mol. The van der Waals surface area contributed by atoms with Crippen LogP contribution in [0.25, 0.3) is 6.08 Å². The molecule has 2 aliphatic rings. The smallest absolute Gasteiger partial charge is 0.328 e. The molecule has 4 heterocycles. The number of carboxylic acids is 1. The molecule has 0 aliphatic carbocycles. The lowest BCUT2D eigenvalue weighted by atomic mass is 9.93. The van der Waals surface area contributed by atoms with E-state index in [1.807, 2.05) is 12.1 Å². The standard InChI is InChI=1S/C28H30ClFN4O4/c29-21-5-4-20(24(30)14-21)18-38-27-3-1-2-25(32-27)19-8-11-33(12-9-19)17-26-31-15-22(6-7-28(35)36)34(26)16-23-10-13-37-23/h1-7,14-15,19,23H,8-13,16-18H2,(H,35,36). The van der Waals surface area contributed by atoms with Gasteiger partial charge in [0, 0.05) is 40.9 Å². The zero-order chi connectivity index (χ0) is 26.5. The average molecular weight is 541 g/mol. The van der Waals surface area contributed by atoms with Gasteiger partial charge in [0.05, 0.1) is 31.1 Å². The van der Waals surface area contributed by atoms with Gasteiger partial charge in [-0.3, -0.25) is 4.90 Å². The SMILES string of the molecule is O=C(O)C=Cc1cnc(CN2CCC(c3cccc(OCc4ccc(Cl)cc4F)n3)CC2)n1CC1CCO1. The van der Waals surface area contributed by atoms with E-state index in [4.69, 9.17) is 31.2 Å². The fourth-order valence-electron chi connectivity index (χ4n) is 4.80. The van der Waals surface area contributed by atoms with Gasteiger partial charge in [-0.1, -0.05) is 23.7 Å². The number of aliphatic carboxylic acids is 1. The second kappa shape index (κ2) is 12.1. The van der Waals surface area contributed by atoms with Crippen LogP contribution in [0.3, 0.4) is 0 Å². The summed E-state index contributed by atoms with van der Waals surface area (Å²) in [6.45, 7) is 3.98. The van der Waals surface area contributed by atoms with Crippen molar-refractivity contribution in [1.82, 2.24) is 19.4 Å². The van der Waals surface area contributed by atoms with Crippen molar-refractivity contribution in [3.05, 3.63) is 82.3 Å². The fourth-order valence-corrected chi connectivity index (χ4v) is 4.96. The number of imidazole rings is 1. The molecule has 1 atom stereocenters. The topological polar surface area (TPSA) is 89.7 Å². The minimum atomic E-state index is -0.985. The van der Waals surface area contributed by atoms with Crippen LogP contribution in [0.5, 0.6) is 5.88 Å². The van der Waals surface area contributed by atoms with Gasteiger partial charge in [-0.25, -0.2) is 19.2 Å². The number of nitrogens with zero attached hydrogens (tertiary/aromatic N) is 4. The predicted octanol–water partition coefficient (Wildman–Crippen LogP) is 4.92. The van der Waals surface area contributed by atoms with E-state index in [0.717, 1.165) is 62.2 Å². The van der Waals surface area contributed by atoms with E-state index in [9.17, 15) is 9.18 Å². The number of benzene rings is 1. The first kappa shape index (κ1) is 26.3. The zero-order valence-electron chi connectivity index (χ0n) is 20.9. The van der Waals surface area contributed by atoms with Gasteiger partial charge in [-0.05, 0) is 56.6 Å². The van der Waals surface area contributed by atoms with E-state index in [1.54, 1.807) is 30.5 Å². The lowest BCUT2D eigenvalue weighted by molar-refractivity contribution is -0.131. The molecule has 1 aromatic carbocycles. The summed E-state index contributed by atoms with van der Waals surface area (Å²) in [5.41, 5.74) is 2.18. The van der Waals surface area contributed by atoms with Crippen LogP contribution in [0.2, 0.25) is 5.02 Å². The Balaban J connectivity index is 1.18. The van der Waals surface area contributed by atoms with Crippen LogP contribution in [0, 0.1) is 5.82 Å². The number of hydrogen-bond donors (Lipinski definition) is 1. The van der Waals surface area contributed by atoms with Crippen molar-refractivity contribution in [2.75, 3.05) is 19.7 Å². The Morgan fingerprint density at radius 1 is 1.24 bits per heavy atom. The number of ether oxygens (including phenoxy) is 2. The average Bonchev–Trinajstić information content (AvgIpc) is 3.26. The molecule has 200 valence electrons. The second-order valence-electron chi connectivity index (χ2n) is 9.64. The Kier molecular flexibility index (Phi) is 8.36. The molecule has 10 heteroatoms. The zero-order valence-corrected chi connectivity index (χ0v) is 21.7. The number of piperidine rings is 1. The van der Waals surface area contributed by atoms with Crippen molar-refractivity contribution in [2.45, 2.75) is 51.0 Å². The second-order valence-corrected chi connectivity index (χ2v) is 10.1. The van der Waals surface area contributed by atoms with Gasteiger partial charge in [-0.15, -0.1) is 0 Å². The Bertz CT molecular complexity index is 1300. The number of hydrogen-bond acceptors (Lipinski definition) is 6. The first-order chi connectivity index (χ1) is 18.4. The normalized spacial score (nSPS) is 18.5. The lowest BCUT2D eigenvalue weighted by Gasteiger charge is -2.32. The highest BCUT2D eigenvalue weighted by Crippen LogP contribution is 2.29. The molecule has 3 aromatic rings. The van der Waals surface area contributed by atoms with Crippen LogP contribution < -0.4 is 4.74 Å². The van der Waals surface area contributed by atoms with E-state index < -0.39 is 11.8 Å². The summed E-state index contributed by atoms with van der Waals surface area (Å²) in [5, 5.41) is 9.38. The molecule has 0 amide bonds. The van der Waals surface area contributed by atoms with Gasteiger partial charge in [0.25, 0.3) is 0 Å². The molecule has 1 N–H and O–H groups in total. The van der Waals surface area contributed by atoms with E-state index in [1.165, 1.54) is 6.07 Å². The number of carboxylic acid groups (broad SMARTS) is 1.